The second-order valence-corrected chi connectivity index (χ2v) is 5.27. The molecule has 1 aliphatic heterocycles. The van der Waals surface area contributed by atoms with Gasteiger partial charge >= 0.3 is 0 Å². The van der Waals surface area contributed by atoms with Crippen LogP contribution in [0.25, 0.3) is 0 Å². The van der Waals surface area contributed by atoms with Crippen LogP contribution in [-0.2, 0) is 16.0 Å². The van der Waals surface area contributed by atoms with Gasteiger partial charge in [0.15, 0.2) is 0 Å². The van der Waals surface area contributed by atoms with Crippen molar-refractivity contribution in [2.24, 2.45) is 0 Å². The summed E-state index contributed by atoms with van der Waals surface area (Å²) < 4.78 is 0. The highest BCUT2D eigenvalue weighted by atomic mass is 16.2. The van der Waals surface area contributed by atoms with E-state index < -0.39 is 0 Å². The molecule has 22 heavy (non-hydrogen) atoms. The third-order valence-electron chi connectivity index (χ3n) is 3.59. The lowest BCUT2D eigenvalue weighted by atomic mass is 10.1. The van der Waals surface area contributed by atoms with Crippen molar-refractivity contribution in [3.8, 4) is 0 Å². The third kappa shape index (κ3) is 6.74. The summed E-state index contributed by atoms with van der Waals surface area (Å²) in [6.45, 7) is 4.57. The number of β-lactam (4-membered cyclic amide) rings is 1. The maximum absolute atomic E-state index is 11.6. The predicted molar refractivity (Wildman–Crippen MR) is 89.5 cm³/mol. The van der Waals surface area contributed by atoms with Gasteiger partial charge in [-0.3, -0.25) is 9.59 Å². The van der Waals surface area contributed by atoms with Crippen LogP contribution in [-0.4, -0.2) is 24.4 Å². The van der Waals surface area contributed by atoms with E-state index in [0.29, 0.717) is 13.0 Å². The molecule has 1 atom stereocenters. The highest BCUT2D eigenvalue weighted by Gasteiger charge is 2.28. The number of carbonyl (C=O) groups excluding carboxylic acids is 2. The minimum Gasteiger partial charge on any atom is -0.352 e. The van der Waals surface area contributed by atoms with Crippen molar-refractivity contribution < 1.29 is 9.59 Å². The molecule has 0 spiro atoms. The summed E-state index contributed by atoms with van der Waals surface area (Å²) in [6, 6.07) is 10.2. The molecule has 2 amide bonds. The average molecular weight is 304 g/mol. The van der Waals surface area contributed by atoms with Gasteiger partial charge < -0.3 is 10.6 Å². The van der Waals surface area contributed by atoms with Gasteiger partial charge in [-0.05, 0) is 24.8 Å². The number of nitrogens with one attached hydrogen (secondary N) is 2. The van der Waals surface area contributed by atoms with Crippen LogP contribution in [0, 0.1) is 0 Å². The molecular formula is C18H28N2O2. The SMILES string of the molecule is CC.O=C(CCCCCCc1ccccc1)NC1CNC1=O. The topological polar surface area (TPSA) is 58.2 Å². The Hall–Kier alpha value is -1.84. The van der Waals surface area contributed by atoms with E-state index in [0.717, 1.165) is 32.1 Å². The lowest BCUT2D eigenvalue weighted by molar-refractivity contribution is -0.133. The maximum atomic E-state index is 11.6. The number of rotatable bonds is 8. The normalized spacial score (nSPS) is 15.9. The van der Waals surface area contributed by atoms with E-state index in [9.17, 15) is 9.59 Å². The van der Waals surface area contributed by atoms with Crippen LogP contribution in [0.5, 0.6) is 0 Å². The van der Waals surface area contributed by atoms with Crippen molar-refractivity contribution in [1.82, 2.24) is 10.6 Å². The Morgan fingerprint density at radius 3 is 2.41 bits per heavy atom. The molecule has 0 aliphatic carbocycles. The molecule has 122 valence electrons. The smallest absolute Gasteiger partial charge is 0.244 e. The summed E-state index contributed by atoms with van der Waals surface area (Å²) in [5.74, 6) is -0.0749. The van der Waals surface area contributed by atoms with Crippen LogP contribution in [0.15, 0.2) is 30.3 Å². The van der Waals surface area contributed by atoms with Crippen LogP contribution < -0.4 is 10.6 Å². The molecule has 4 heteroatoms. The summed E-state index contributed by atoms with van der Waals surface area (Å²) in [7, 11) is 0. The van der Waals surface area contributed by atoms with E-state index >= 15 is 0 Å². The fourth-order valence-corrected chi connectivity index (χ4v) is 2.28. The minimum absolute atomic E-state index is 0.00657. The molecule has 1 aromatic carbocycles. The average Bonchev–Trinajstić information content (AvgIpc) is 2.57. The maximum Gasteiger partial charge on any atom is 0.244 e. The Morgan fingerprint density at radius 1 is 1.14 bits per heavy atom. The van der Waals surface area contributed by atoms with E-state index in [-0.39, 0.29) is 17.9 Å². The lowest BCUT2D eigenvalue weighted by Gasteiger charge is -2.26. The fourth-order valence-electron chi connectivity index (χ4n) is 2.28. The van der Waals surface area contributed by atoms with Crippen molar-refractivity contribution in [3.63, 3.8) is 0 Å². The molecule has 2 rings (SSSR count). The van der Waals surface area contributed by atoms with Gasteiger partial charge in [-0.15, -0.1) is 0 Å². The number of aryl methyl sites for hydroxylation is 1. The first-order valence-corrected chi connectivity index (χ1v) is 8.37. The van der Waals surface area contributed by atoms with E-state index in [2.05, 4.69) is 34.9 Å². The zero-order valence-corrected chi connectivity index (χ0v) is 13.7. The van der Waals surface area contributed by atoms with Crippen molar-refractivity contribution in [2.75, 3.05) is 6.54 Å². The Bertz CT molecular complexity index is 446. The number of benzene rings is 1. The monoisotopic (exact) mass is 304 g/mol. The zero-order chi connectivity index (χ0) is 16.2. The molecular weight excluding hydrogens is 276 g/mol. The quantitative estimate of drug-likeness (QED) is 0.573. The van der Waals surface area contributed by atoms with E-state index in [1.54, 1.807) is 0 Å². The third-order valence-corrected chi connectivity index (χ3v) is 3.59. The molecule has 1 heterocycles. The van der Waals surface area contributed by atoms with Crippen LogP contribution in [0.3, 0.4) is 0 Å². The molecule has 1 aromatic rings. The molecule has 0 aromatic heterocycles. The van der Waals surface area contributed by atoms with Crippen molar-refractivity contribution in [2.45, 2.75) is 58.4 Å². The van der Waals surface area contributed by atoms with Crippen LogP contribution >= 0.6 is 0 Å². The number of unbranched alkanes of at least 4 members (excludes halogenated alkanes) is 3. The van der Waals surface area contributed by atoms with Crippen LogP contribution in [0.2, 0.25) is 0 Å². The Labute approximate surface area is 133 Å². The summed E-state index contributed by atoms with van der Waals surface area (Å²) in [5.41, 5.74) is 1.38. The number of hydrogen-bond donors (Lipinski definition) is 2. The molecule has 0 radical (unpaired) electrons. The number of amides is 2. The Morgan fingerprint density at radius 2 is 1.82 bits per heavy atom. The van der Waals surface area contributed by atoms with Gasteiger partial charge in [0.05, 0.1) is 0 Å². The summed E-state index contributed by atoms with van der Waals surface area (Å²) in [5, 5.41) is 5.34. The first kappa shape index (κ1) is 18.2. The lowest BCUT2D eigenvalue weighted by Crippen LogP contribution is -2.61. The fraction of sp³-hybridized carbons (Fsp3) is 0.556. The van der Waals surface area contributed by atoms with Gasteiger partial charge in [-0.1, -0.05) is 57.0 Å². The van der Waals surface area contributed by atoms with Gasteiger partial charge in [0, 0.05) is 13.0 Å². The second kappa shape index (κ2) is 10.8. The summed E-state index contributed by atoms with van der Waals surface area (Å²) in [4.78, 5) is 22.5. The van der Waals surface area contributed by atoms with Crippen LogP contribution in [0.4, 0.5) is 0 Å². The second-order valence-electron chi connectivity index (χ2n) is 5.27. The molecule has 1 fully saturated rings. The molecule has 0 saturated carbocycles. The number of hydrogen-bond acceptors (Lipinski definition) is 2. The summed E-state index contributed by atoms with van der Waals surface area (Å²) in [6.07, 6.45) is 5.90. The molecule has 0 bridgehead atoms. The van der Waals surface area contributed by atoms with Crippen molar-refractivity contribution >= 4 is 11.8 Å². The van der Waals surface area contributed by atoms with Gasteiger partial charge in [-0.2, -0.15) is 0 Å². The van der Waals surface area contributed by atoms with Gasteiger partial charge in [-0.25, -0.2) is 0 Å². The summed E-state index contributed by atoms with van der Waals surface area (Å²) >= 11 is 0. The van der Waals surface area contributed by atoms with E-state index in [4.69, 9.17) is 0 Å². The highest BCUT2D eigenvalue weighted by molar-refractivity contribution is 5.92. The van der Waals surface area contributed by atoms with Crippen molar-refractivity contribution in [1.29, 1.82) is 0 Å². The molecule has 2 N–H and O–H groups in total. The van der Waals surface area contributed by atoms with Gasteiger partial charge in [0.2, 0.25) is 11.8 Å². The molecule has 1 unspecified atom stereocenters. The van der Waals surface area contributed by atoms with Gasteiger partial charge in [0.25, 0.3) is 0 Å². The number of carbonyl (C=O) groups is 2. The van der Waals surface area contributed by atoms with E-state index in [1.807, 2.05) is 19.9 Å². The molecule has 1 saturated heterocycles. The standard InChI is InChI=1S/C16H22N2O2.C2H6/c19-15(18-14-12-17-16(14)20)11-7-2-1-4-8-13-9-5-3-6-10-13;1-2/h3,5-6,9-10,14H,1-2,4,7-8,11-12H2,(H,17,20)(H,18,19);1-2H3. The predicted octanol–water partition coefficient (Wildman–Crippen LogP) is 2.82. The minimum atomic E-state index is -0.291. The Kier molecular flexibility index (Phi) is 8.96. The van der Waals surface area contributed by atoms with Crippen molar-refractivity contribution in [3.05, 3.63) is 35.9 Å². The first-order chi connectivity index (χ1) is 10.8. The van der Waals surface area contributed by atoms with Crippen LogP contribution in [0.1, 0.15) is 51.5 Å². The largest absolute Gasteiger partial charge is 0.352 e. The highest BCUT2D eigenvalue weighted by Crippen LogP contribution is 2.09. The molecule has 4 nitrogen and oxygen atoms in total. The van der Waals surface area contributed by atoms with E-state index in [1.165, 1.54) is 5.56 Å². The first-order valence-electron chi connectivity index (χ1n) is 8.37. The Balaban J connectivity index is 0.00000116. The molecule has 1 aliphatic rings. The zero-order valence-electron chi connectivity index (χ0n) is 13.7. The van der Waals surface area contributed by atoms with Gasteiger partial charge in [0.1, 0.15) is 6.04 Å².